The Labute approximate surface area is 143 Å². The first-order valence-corrected chi connectivity index (χ1v) is 8.62. The Balaban J connectivity index is 1.48. The van der Waals surface area contributed by atoms with Gasteiger partial charge in [-0.15, -0.1) is 0 Å². The summed E-state index contributed by atoms with van der Waals surface area (Å²) in [6.07, 6.45) is 7.74. The molecule has 5 heteroatoms. The summed E-state index contributed by atoms with van der Waals surface area (Å²) < 4.78 is 7.84. The molecule has 0 aliphatic carbocycles. The molecule has 0 bridgehead atoms. The fraction of sp³-hybridized carbons (Fsp3) is 0.474. The molecule has 2 heterocycles. The molecule has 2 aromatic rings. The van der Waals surface area contributed by atoms with E-state index in [4.69, 9.17) is 4.74 Å². The maximum Gasteiger partial charge on any atom is 0.227 e. The van der Waals surface area contributed by atoms with Gasteiger partial charge in [0, 0.05) is 25.5 Å². The lowest BCUT2D eigenvalue weighted by molar-refractivity contribution is -0.138. The number of imidazole rings is 1. The van der Waals surface area contributed by atoms with Gasteiger partial charge in [-0.05, 0) is 18.4 Å². The van der Waals surface area contributed by atoms with Crippen molar-refractivity contribution in [3.05, 3.63) is 54.6 Å². The van der Waals surface area contributed by atoms with Crippen molar-refractivity contribution in [2.24, 2.45) is 5.92 Å². The first kappa shape index (κ1) is 16.7. The molecule has 1 aromatic heterocycles. The van der Waals surface area contributed by atoms with Crippen LogP contribution in [0.25, 0.3) is 0 Å². The van der Waals surface area contributed by atoms with Crippen molar-refractivity contribution < 1.29 is 9.53 Å². The van der Waals surface area contributed by atoms with Gasteiger partial charge < -0.3 is 14.2 Å². The number of rotatable bonds is 6. The third-order valence-electron chi connectivity index (χ3n) is 4.56. The Morgan fingerprint density at radius 2 is 2.21 bits per heavy atom. The summed E-state index contributed by atoms with van der Waals surface area (Å²) >= 11 is 0. The lowest BCUT2D eigenvalue weighted by atomic mass is 10.0. The molecule has 0 saturated carbocycles. The van der Waals surface area contributed by atoms with Crippen molar-refractivity contribution >= 4 is 5.91 Å². The van der Waals surface area contributed by atoms with Crippen LogP contribution in [-0.4, -0.2) is 40.1 Å². The summed E-state index contributed by atoms with van der Waals surface area (Å²) in [7, 11) is 0. The maximum absolute atomic E-state index is 12.7. The number of benzene rings is 1. The highest BCUT2D eigenvalue weighted by Gasteiger charge is 2.27. The van der Waals surface area contributed by atoms with Gasteiger partial charge in [-0.25, -0.2) is 4.98 Å². The van der Waals surface area contributed by atoms with Crippen molar-refractivity contribution in [2.75, 3.05) is 19.7 Å². The molecule has 3 rings (SSSR count). The molecule has 0 N–H and O–H groups in total. The number of nitrogens with zero attached hydrogens (tertiary/aromatic N) is 3. The number of aromatic nitrogens is 2. The van der Waals surface area contributed by atoms with Crippen molar-refractivity contribution in [3.63, 3.8) is 0 Å². The van der Waals surface area contributed by atoms with Gasteiger partial charge in [0.2, 0.25) is 5.91 Å². The first-order valence-electron chi connectivity index (χ1n) is 8.62. The molecule has 1 aliphatic heterocycles. The molecule has 1 aliphatic rings. The van der Waals surface area contributed by atoms with Gasteiger partial charge >= 0.3 is 0 Å². The van der Waals surface area contributed by atoms with Crippen LogP contribution in [0.5, 0.6) is 0 Å². The summed E-state index contributed by atoms with van der Waals surface area (Å²) in [5, 5.41) is 0. The monoisotopic (exact) mass is 327 g/mol. The highest BCUT2D eigenvalue weighted by Crippen LogP contribution is 2.22. The number of hydrogen-bond donors (Lipinski definition) is 0. The fourth-order valence-electron chi connectivity index (χ4n) is 3.19. The molecule has 2 atom stereocenters. The van der Waals surface area contributed by atoms with Crippen molar-refractivity contribution in [2.45, 2.75) is 32.4 Å². The Kier molecular flexibility index (Phi) is 5.64. The highest BCUT2D eigenvalue weighted by atomic mass is 16.5. The van der Waals surface area contributed by atoms with E-state index in [1.165, 1.54) is 0 Å². The van der Waals surface area contributed by atoms with Crippen LogP contribution in [0.2, 0.25) is 0 Å². The number of likely N-dealkylation sites (tertiary alicyclic amines) is 1. The molecule has 1 aromatic carbocycles. The second kappa shape index (κ2) is 8.11. The summed E-state index contributed by atoms with van der Waals surface area (Å²) in [5.74, 6) is 0.0723. The van der Waals surface area contributed by atoms with Crippen LogP contribution in [0, 0.1) is 5.92 Å². The van der Waals surface area contributed by atoms with E-state index in [1.807, 2.05) is 54.7 Å². The molecule has 5 nitrogen and oxygen atoms in total. The van der Waals surface area contributed by atoms with Crippen LogP contribution >= 0.6 is 0 Å². The molecular weight excluding hydrogens is 302 g/mol. The summed E-state index contributed by atoms with van der Waals surface area (Å²) in [5.41, 5.74) is 1.13. The normalized spacial score (nSPS) is 19.2. The fourth-order valence-corrected chi connectivity index (χ4v) is 3.19. The molecule has 128 valence electrons. The van der Waals surface area contributed by atoms with Crippen molar-refractivity contribution in [1.29, 1.82) is 0 Å². The lowest BCUT2D eigenvalue weighted by Crippen LogP contribution is -2.43. The van der Waals surface area contributed by atoms with Crippen LogP contribution in [0.1, 0.15) is 31.4 Å². The summed E-state index contributed by atoms with van der Waals surface area (Å²) in [4.78, 5) is 18.8. The van der Waals surface area contributed by atoms with Gasteiger partial charge in [-0.2, -0.15) is 0 Å². The van der Waals surface area contributed by atoms with Gasteiger partial charge in [-0.3, -0.25) is 4.79 Å². The topological polar surface area (TPSA) is 47.4 Å². The van der Waals surface area contributed by atoms with Crippen LogP contribution in [0.4, 0.5) is 0 Å². The van der Waals surface area contributed by atoms with E-state index in [1.54, 1.807) is 6.20 Å². The Morgan fingerprint density at radius 3 is 2.96 bits per heavy atom. The van der Waals surface area contributed by atoms with E-state index in [0.717, 1.165) is 31.5 Å². The molecule has 0 spiro atoms. The average Bonchev–Trinajstić information content (AvgIpc) is 3.17. The van der Waals surface area contributed by atoms with Crippen LogP contribution in [-0.2, 0) is 16.1 Å². The Hall–Kier alpha value is -2.14. The van der Waals surface area contributed by atoms with Gasteiger partial charge in [0.05, 0.1) is 31.5 Å². The SMILES string of the molecule is C[C@H](COCc1ccccc1)C(=O)N1CCC[C@H](n2ccnc2)C1. The van der Waals surface area contributed by atoms with Gasteiger partial charge in [-0.1, -0.05) is 37.3 Å². The minimum atomic E-state index is -0.116. The minimum absolute atomic E-state index is 0.116. The number of hydrogen-bond acceptors (Lipinski definition) is 3. The first-order chi connectivity index (χ1) is 11.7. The Bertz CT molecular complexity index is 627. The largest absolute Gasteiger partial charge is 0.376 e. The standard InChI is InChI=1S/C19H25N3O2/c1-16(13-24-14-17-6-3-2-4-7-17)19(23)21-10-5-8-18(12-21)22-11-9-20-15-22/h2-4,6-7,9,11,15-16,18H,5,8,10,12-14H2,1H3/t16-,18+/m1/s1. The van der Waals surface area contributed by atoms with Crippen LogP contribution < -0.4 is 0 Å². The Morgan fingerprint density at radius 1 is 1.38 bits per heavy atom. The molecule has 1 fully saturated rings. The molecule has 1 amide bonds. The smallest absolute Gasteiger partial charge is 0.227 e. The average molecular weight is 327 g/mol. The molecular formula is C19H25N3O2. The lowest BCUT2D eigenvalue weighted by Gasteiger charge is -2.34. The number of carbonyl (C=O) groups is 1. The van der Waals surface area contributed by atoms with Crippen LogP contribution in [0.15, 0.2) is 49.1 Å². The molecule has 0 unspecified atom stereocenters. The van der Waals surface area contributed by atoms with Gasteiger partial charge in [0.1, 0.15) is 0 Å². The minimum Gasteiger partial charge on any atom is -0.376 e. The number of carbonyl (C=O) groups excluding carboxylic acids is 1. The number of ether oxygens (including phenoxy) is 1. The number of amides is 1. The zero-order valence-electron chi connectivity index (χ0n) is 14.2. The second-order valence-electron chi connectivity index (χ2n) is 6.49. The van der Waals surface area contributed by atoms with E-state index >= 15 is 0 Å². The molecule has 24 heavy (non-hydrogen) atoms. The van der Waals surface area contributed by atoms with E-state index in [9.17, 15) is 4.79 Å². The van der Waals surface area contributed by atoms with Crippen LogP contribution in [0.3, 0.4) is 0 Å². The van der Waals surface area contributed by atoms with E-state index < -0.39 is 0 Å². The molecule has 0 radical (unpaired) electrons. The van der Waals surface area contributed by atoms with Crippen molar-refractivity contribution in [3.8, 4) is 0 Å². The second-order valence-corrected chi connectivity index (χ2v) is 6.49. The third-order valence-corrected chi connectivity index (χ3v) is 4.56. The predicted molar refractivity (Wildman–Crippen MR) is 92.3 cm³/mol. The van der Waals surface area contributed by atoms with Gasteiger partial charge in [0.25, 0.3) is 0 Å². The zero-order valence-corrected chi connectivity index (χ0v) is 14.2. The van der Waals surface area contributed by atoms with Gasteiger partial charge in [0.15, 0.2) is 0 Å². The number of piperidine rings is 1. The van der Waals surface area contributed by atoms with E-state index in [-0.39, 0.29) is 11.8 Å². The third kappa shape index (κ3) is 4.23. The quantitative estimate of drug-likeness (QED) is 0.819. The predicted octanol–water partition coefficient (Wildman–Crippen LogP) is 2.90. The molecule has 1 saturated heterocycles. The van der Waals surface area contributed by atoms with Crippen molar-refractivity contribution in [1.82, 2.24) is 14.5 Å². The zero-order chi connectivity index (χ0) is 16.8. The maximum atomic E-state index is 12.7. The highest BCUT2D eigenvalue weighted by molar-refractivity contribution is 5.78. The van der Waals surface area contributed by atoms with E-state index in [2.05, 4.69) is 9.55 Å². The summed E-state index contributed by atoms with van der Waals surface area (Å²) in [6.45, 7) is 4.57. The summed E-state index contributed by atoms with van der Waals surface area (Å²) in [6, 6.07) is 10.4. The van der Waals surface area contributed by atoms with E-state index in [0.29, 0.717) is 19.3 Å².